The predicted octanol–water partition coefficient (Wildman–Crippen LogP) is 3.31. The summed E-state index contributed by atoms with van der Waals surface area (Å²) < 4.78 is 53.5. The second-order valence-electron chi connectivity index (χ2n) is 9.30. The molecular formula is C24H26ClF2NO6S. The minimum Gasteiger partial charge on any atom is -0.390 e. The van der Waals surface area contributed by atoms with Crippen molar-refractivity contribution in [2.24, 2.45) is 11.8 Å². The summed E-state index contributed by atoms with van der Waals surface area (Å²) in [5, 5.41) is 32.9. The number of amides is 1. The summed E-state index contributed by atoms with van der Waals surface area (Å²) in [7, 11) is -4.01. The number of aliphatic hydroxyl groups excluding tert-OH is 2. The van der Waals surface area contributed by atoms with Gasteiger partial charge in [0.15, 0.2) is 21.5 Å². The number of carbonyl (C=O) groups excluding carboxylic acids is 1. The van der Waals surface area contributed by atoms with E-state index in [2.05, 4.69) is 5.32 Å². The summed E-state index contributed by atoms with van der Waals surface area (Å²) in [4.78, 5) is 12.4. The number of hydrogen-bond donors (Lipinski definition) is 4. The molecule has 2 unspecified atom stereocenters. The van der Waals surface area contributed by atoms with E-state index in [0.29, 0.717) is 6.42 Å². The average molecular weight is 530 g/mol. The van der Waals surface area contributed by atoms with Crippen LogP contribution in [0.4, 0.5) is 14.5 Å². The van der Waals surface area contributed by atoms with Crippen molar-refractivity contribution in [3.63, 3.8) is 0 Å². The van der Waals surface area contributed by atoms with Gasteiger partial charge >= 0.3 is 0 Å². The lowest BCUT2D eigenvalue weighted by molar-refractivity contribution is -0.251. The molecule has 35 heavy (non-hydrogen) atoms. The molecule has 4 N–H and O–H groups in total. The normalized spacial score (nSPS) is 27.6. The number of hydrogen-bond acceptors (Lipinski definition) is 6. The fourth-order valence-corrected chi connectivity index (χ4v) is 7.68. The van der Waals surface area contributed by atoms with Gasteiger partial charge in [0.2, 0.25) is 0 Å². The first-order chi connectivity index (χ1) is 16.4. The summed E-state index contributed by atoms with van der Waals surface area (Å²) in [5.74, 6) is -3.96. The number of anilines is 1. The number of nitrogens with one attached hydrogen (secondary N) is 1. The summed E-state index contributed by atoms with van der Waals surface area (Å²) >= 11 is 6.19. The molecule has 2 bridgehead atoms. The number of halogens is 3. The summed E-state index contributed by atoms with van der Waals surface area (Å²) in [6, 6.07) is 6.55. The van der Waals surface area contributed by atoms with Crippen LogP contribution in [0.3, 0.4) is 0 Å². The fourth-order valence-electron chi connectivity index (χ4n) is 5.28. The van der Waals surface area contributed by atoms with Gasteiger partial charge < -0.3 is 20.6 Å². The van der Waals surface area contributed by atoms with Crippen molar-refractivity contribution in [2.45, 2.75) is 60.6 Å². The molecule has 11 heteroatoms. The van der Waals surface area contributed by atoms with E-state index in [1.54, 1.807) is 6.92 Å². The van der Waals surface area contributed by atoms with Crippen LogP contribution in [0.25, 0.3) is 0 Å². The summed E-state index contributed by atoms with van der Waals surface area (Å²) in [6.45, 7) is 1.68. The van der Waals surface area contributed by atoms with Crippen molar-refractivity contribution < 1.29 is 37.3 Å². The highest BCUT2D eigenvalue weighted by atomic mass is 35.5. The molecule has 0 saturated heterocycles. The van der Waals surface area contributed by atoms with E-state index in [4.69, 9.17) is 11.6 Å². The van der Waals surface area contributed by atoms with Gasteiger partial charge in [0.05, 0.1) is 26.9 Å². The van der Waals surface area contributed by atoms with Gasteiger partial charge in [0.25, 0.3) is 5.91 Å². The number of fused-ring (bicyclic) bond motifs is 2. The monoisotopic (exact) mass is 529 g/mol. The Kier molecular flexibility index (Phi) is 6.98. The Balaban J connectivity index is 1.55. The lowest BCUT2D eigenvalue weighted by Gasteiger charge is -2.60. The molecule has 0 spiro atoms. The predicted molar refractivity (Wildman–Crippen MR) is 125 cm³/mol. The second-order valence-corrected chi connectivity index (χ2v) is 11.9. The van der Waals surface area contributed by atoms with Crippen LogP contribution in [0.15, 0.2) is 41.3 Å². The number of benzene rings is 2. The molecule has 0 aromatic heterocycles. The molecule has 190 valence electrons. The topological polar surface area (TPSA) is 124 Å². The first-order valence-corrected chi connectivity index (χ1v) is 13.2. The number of aliphatic hydroxyl groups is 3. The van der Waals surface area contributed by atoms with Crippen LogP contribution in [-0.4, -0.2) is 52.7 Å². The maximum atomic E-state index is 13.5. The van der Waals surface area contributed by atoms with E-state index < -0.39 is 62.3 Å². The number of rotatable bonds is 7. The van der Waals surface area contributed by atoms with Crippen LogP contribution in [0.1, 0.15) is 43.0 Å². The zero-order valence-electron chi connectivity index (χ0n) is 18.8. The van der Waals surface area contributed by atoms with Gasteiger partial charge in [-0.2, -0.15) is 0 Å². The minimum absolute atomic E-state index is 0.00673. The smallest absolute Gasteiger partial charge is 0.255 e. The third kappa shape index (κ3) is 4.46. The first kappa shape index (κ1) is 26.0. The fraction of sp³-hybridized carbons (Fsp3) is 0.458. The van der Waals surface area contributed by atoms with Crippen molar-refractivity contribution in [2.75, 3.05) is 5.32 Å². The Morgan fingerprint density at radius 2 is 1.77 bits per heavy atom. The SMILES string of the molecule is CC[C@@H](O)[C@H](O)[C@]1(O)C2CC1C[C@@H](S(=O)(=O)c1cc(C(=O)Nc3ccc(F)c(F)c3)ccc1Cl)C2. The van der Waals surface area contributed by atoms with Crippen LogP contribution >= 0.6 is 11.6 Å². The van der Waals surface area contributed by atoms with Crippen LogP contribution in [0.2, 0.25) is 5.02 Å². The van der Waals surface area contributed by atoms with Gasteiger partial charge in [-0.05, 0) is 67.9 Å². The molecule has 5 rings (SSSR count). The molecule has 7 nitrogen and oxygen atoms in total. The van der Waals surface area contributed by atoms with E-state index in [1.807, 2.05) is 0 Å². The maximum absolute atomic E-state index is 13.5. The zero-order chi connectivity index (χ0) is 25.7. The third-order valence-corrected chi connectivity index (χ3v) is 10.00. The van der Waals surface area contributed by atoms with E-state index in [9.17, 15) is 37.3 Å². The molecule has 3 fully saturated rings. The van der Waals surface area contributed by atoms with Crippen molar-refractivity contribution in [3.05, 3.63) is 58.6 Å². The van der Waals surface area contributed by atoms with Crippen molar-refractivity contribution >= 4 is 33.0 Å². The molecule has 0 radical (unpaired) electrons. The Morgan fingerprint density at radius 1 is 1.11 bits per heavy atom. The van der Waals surface area contributed by atoms with Crippen LogP contribution < -0.4 is 5.32 Å². The number of carbonyl (C=O) groups is 1. The first-order valence-electron chi connectivity index (χ1n) is 11.3. The van der Waals surface area contributed by atoms with Gasteiger partial charge in [-0.1, -0.05) is 18.5 Å². The highest BCUT2D eigenvalue weighted by Gasteiger charge is 2.64. The van der Waals surface area contributed by atoms with Crippen molar-refractivity contribution in [1.82, 2.24) is 0 Å². The van der Waals surface area contributed by atoms with Gasteiger partial charge in [0.1, 0.15) is 6.10 Å². The standard InChI is InChI=1S/C24H26ClF2NO6S/c1-2-20(29)22(30)24(32)13-8-14(24)10-16(9-13)35(33,34)21-7-12(3-5-17(21)25)23(31)28-15-4-6-18(26)19(27)11-15/h3-7,11,13-14,16,20,22,29-30,32H,2,8-10H2,1H3,(H,28,31)/t13?,14?,16-,20-,22+,24-/m1/s1. The van der Waals surface area contributed by atoms with Crippen molar-refractivity contribution in [1.29, 1.82) is 0 Å². The molecule has 2 aromatic rings. The van der Waals surface area contributed by atoms with Gasteiger partial charge in [0, 0.05) is 17.3 Å². The summed E-state index contributed by atoms with van der Waals surface area (Å²) in [5.41, 5.74) is -1.60. The van der Waals surface area contributed by atoms with Crippen LogP contribution in [0.5, 0.6) is 0 Å². The molecule has 1 amide bonds. The molecule has 3 saturated carbocycles. The van der Waals surface area contributed by atoms with Gasteiger partial charge in [-0.25, -0.2) is 17.2 Å². The molecule has 4 atom stereocenters. The largest absolute Gasteiger partial charge is 0.390 e. The third-order valence-electron chi connectivity index (χ3n) is 7.34. The molecule has 3 aliphatic rings. The quantitative estimate of drug-likeness (QED) is 0.436. The highest BCUT2D eigenvalue weighted by molar-refractivity contribution is 7.92. The lowest BCUT2D eigenvalue weighted by atomic mass is 9.51. The molecule has 2 aromatic carbocycles. The minimum atomic E-state index is -4.01. The Labute approximate surface area is 206 Å². The lowest BCUT2D eigenvalue weighted by Crippen LogP contribution is -2.69. The Hall–Kier alpha value is -2.11. The van der Waals surface area contributed by atoms with E-state index >= 15 is 0 Å². The van der Waals surface area contributed by atoms with Gasteiger partial charge in [-0.3, -0.25) is 4.79 Å². The zero-order valence-corrected chi connectivity index (χ0v) is 20.4. The van der Waals surface area contributed by atoms with E-state index in [0.717, 1.165) is 18.2 Å². The van der Waals surface area contributed by atoms with Crippen molar-refractivity contribution in [3.8, 4) is 0 Å². The molecular weight excluding hydrogens is 504 g/mol. The molecule has 0 heterocycles. The number of sulfone groups is 1. The Morgan fingerprint density at radius 3 is 2.37 bits per heavy atom. The molecule has 0 aliphatic heterocycles. The Bertz CT molecular complexity index is 1240. The van der Waals surface area contributed by atoms with Crippen LogP contribution in [-0.2, 0) is 9.84 Å². The second kappa shape index (κ2) is 9.40. The van der Waals surface area contributed by atoms with Gasteiger partial charge in [-0.15, -0.1) is 0 Å². The molecule has 3 aliphatic carbocycles. The van der Waals surface area contributed by atoms with E-state index in [1.165, 1.54) is 18.2 Å². The summed E-state index contributed by atoms with van der Waals surface area (Å²) in [6.07, 6.45) is -1.54. The highest BCUT2D eigenvalue weighted by Crippen LogP contribution is 2.57. The average Bonchev–Trinajstić information content (AvgIpc) is 2.84. The van der Waals surface area contributed by atoms with E-state index in [-0.39, 0.29) is 40.4 Å². The maximum Gasteiger partial charge on any atom is 0.255 e. The van der Waals surface area contributed by atoms with Crippen LogP contribution in [0, 0.1) is 23.5 Å².